The van der Waals surface area contributed by atoms with Crippen LogP contribution in [0.1, 0.15) is 49.7 Å². The number of hydrogen-bond donors (Lipinski definition) is 2. The fourth-order valence-electron chi connectivity index (χ4n) is 5.76. The van der Waals surface area contributed by atoms with E-state index >= 15 is 0 Å². The summed E-state index contributed by atoms with van der Waals surface area (Å²) in [5.41, 5.74) is 2.13. The number of rotatable bonds is 5. The van der Waals surface area contributed by atoms with Gasteiger partial charge in [0.25, 0.3) is 5.91 Å². The van der Waals surface area contributed by atoms with Gasteiger partial charge in [-0.05, 0) is 36.6 Å². The van der Waals surface area contributed by atoms with Crippen molar-refractivity contribution in [1.29, 1.82) is 0 Å². The monoisotopic (exact) mass is 503 g/mol. The van der Waals surface area contributed by atoms with E-state index < -0.39 is 11.7 Å². The molecule has 2 heterocycles. The number of fused-ring (bicyclic) bond motifs is 1. The summed E-state index contributed by atoms with van der Waals surface area (Å²) in [6, 6.07) is 15.2. The Morgan fingerprint density at radius 1 is 1.05 bits per heavy atom. The number of ether oxygens (including phenoxy) is 1. The van der Waals surface area contributed by atoms with Gasteiger partial charge in [0.15, 0.2) is 0 Å². The Bertz CT molecular complexity index is 1140. The molecule has 8 nitrogen and oxygen atoms in total. The Hall–Kier alpha value is -3.23. The zero-order valence-electron chi connectivity index (χ0n) is 21.6. The van der Waals surface area contributed by atoms with Gasteiger partial charge in [-0.25, -0.2) is 4.79 Å². The number of carbonyl (C=O) groups is 2. The maximum atomic E-state index is 14.1. The molecule has 8 heteroatoms. The first-order valence-corrected chi connectivity index (χ1v) is 13.5. The van der Waals surface area contributed by atoms with E-state index in [1.165, 1.54) is 0 Å². The third-order valence-electron chi connectivity index (χ3n) is 7.78. The van der Waals surface area contributed by atoms with Crippen LogP contribution >= 0.6 is 0 Å². The first-order chi connectivity index (χ1) is 18.0. The number of carbonyl (C=O) groups excluding carboxylic acids is 2. The quantitative estimate of drug-likeness (QED) is 0.592. The van der Waals surface area contributed by atoms with E-state index in [-0.39, 0.29) is 11.8 Å². The number of nitrogens with one attached hydrogen (secondary N) is 2. The summed E-state index contributed by atoms with van der Waals surface area (Å²) in [5.74, 6) is -0.272. The van der Waals surface area contributed by atoms with Gasteiger partial charge in [0.1, 0.15) is 0 Å². The molecule has 0 spiro atoms. The Kier molecular flexibility index (Phi) is 7.86. The third-order valence-corrected chi connectivity index (χ3v) is 7.78. The van der Waals surface area contributed by atoms with Gasteiger partial charge in [0.2, 0.25) is 5.66 Å². The molecule has 2 fully saturated rings. The van der Waals surface area contributed by atoms with Gasteiger partial charge >= 0.3 is 6.03 Å². The number of aliphatic imine (C=N–C) groups is 1. The van der Waals surface area contributed by atoms with E-state index in [1.807, 2.05) is 42.5 Å². The van der Waals surface area contributed by atoms with Crippen molar-refractivity contribution in [3.8, 4) is 0 Å². The minimum absolute atomic E-state index is 0.0751. The normalized spacial score (nSPS) is 23.2. The minimum atomic E-state index is -1.35. The van der Waals surface area contributed by atoms with Crippen molar-refractivity contribution in [2.45, 2.75) is 50.7 Å². The van der Waals surface area contributed by atoms with Crippen molar-refractivity contribution in [3.63, 3.8) is 0 Å². The number of amides is 3. The van der Waals surface area contributed by atoms with Crippen LogP contribution in [0.2, 0.25) is 0 Å². The number of benzodiazepines with no additional fused rings is 1. The average Bonchev–Trinajstić information content (AvgIpc) is 3.25. The van der Waals surface area contributed by atoms with Crippen LogP contribution < -0.4 is 15.5 Å². The van der Waals surface area contributed by atoms with Crippen LogP contribution in [0.4, 0.5) is 16.2 Å². The number of nitrogens with zero attached hydrogens (tertiary/aromatic N) is 3. The Balaban J connectivity index is 1.38. The molecule has 3 amide bonds. The lowest BCUT2D eigenvalue weighted by Crippen LogP contribution is -2.62. The van der Waals surface area contributed by atoms with Gasteiger partial charge in [0.05, 0.1) is 18.9 Å². The Morgan fingerprint density at radius 3 is 2.59 bits per heavy atom. The van der Waals surface area contributed by atoms with Crippen LogP contribution in [0, 0.1) is 5.92 Å². The summed E-state index contributed by atoms with van der Waals surface area (Å²) < 4.78 is 5.45. The van der Waals surface area contributed by atoms with Crippen LogP contribution in [0.5, 0.6) is 0 Å². The van der Waals surface area contributed by atoms with Crippen LogP contribution in [-0.4, -0.2) is 62.1 Å². The molecule has 1 saturated carbocycles. The summed E-state index contributed by atoms with van der Waals surface area (Å²) in [5, 5.41) is 6.05. The second kappa shape index (κ2) is 11.4. The second-order valence-corrected chi connectivity index (χ2v) is 10.3. The van der Waals surface area contributed by atoms with Crippen molar-refractivity contribution in [1.82, 2.24) is 10.2 Å². The van der Waals surface area contributed by atoms with E-state index in [4.69, 9.17) is 9.73 Å². The highest BCUT2D eigenvalue weighted by molar-refractivity contribution is 6.09. The molecule has 1 atom stereocenters. The summed E-state index contributed by atoms with van der Waals surface area (Å²) in [6.07, 6.45) is 7.79. The van der Waals surface area contributed by atoms with Gasteiger partial charge in [-0.3, -0.25) is 14.7 Å². The molecule has 196 valence electrons. The number of hydrogen-bond acceptors (Lipinski definition) is 5. The Morgan fingerprint density at radius 2 is 1.81 bits per heavy atom. The average molecular weight is 504 g/mol. The number of urea groups is 1. The molecule has 0 radical (unpaired) electrons. The number of benzene rings is 2. The zero-order valence-corrected chi connectivity index (χ0v) is 21.6. The summed E-state index contributed by atoms with van der Waals surface area (Å²) >= 11 is 0. The maximum absolute atomic E-state index is 14.1. The molecule has 0 bridgehead atoms. The fourth-order valence-corrected chi connectivity index (χ4v) is 5.76. The summed E-state index contributed by atoms with van der Waals surface area (Å²) in [6.45, 7) is 4.10. The van der Waals surface area contributed by atoms with Gasteiger partial charge < -0.3 is 20.3 Å². The molecule has 1 saturated heterocycles. The predicted octanol–water partition coefficient (Wildman–Crippen LogP) is 4.40. The highest BCUT2D eigenvalue weighted by atomic mass is 16.5. The third kappa shape index (κ3) is 5.70. The number of morpholine rings is 1. The standard InChI is InChI=1S/C29H37N5O3/c1-33-26-14-7-6-10-23(26)20-30-29(27(33)35,24-11-4-2-3-5-12-24)32-28(36)31-25-13-8-9-22(19-25)21-34-15-17-37-18-16-34/h6-10,13-14,19-20,24H,2-5,11-12,15-18,21H2,1H3,(H2,31,32,36). The molecule has 2 N–H and O–H groups in total. The molecule has 0 aromatic heterocycles. The topological polar surface area (TPSA) is 86.3 Å². The summed E-state index contributed by atoms with van der Waals surface area (Å²) in [7, 11) is 1.77. The molecule has 3 aliphatic rings. The van der Waals surface area contributed by atoms with E-state index in [0.29, 0.717) is 5.69 Å². The highest BCUT2D eigenvalue weighted by Gasteiger charge is 2.49. The zero-order chi connectivity index (χ0) is 25.7. The van der Waals surface area contributed by atoms with Crippen molar-refractivity contribution >= 4 is 29.5 Å². The van der Waals surface area contributed by atoms with E-state index in [0.717, 1.165) is 88.2 Å². The van der Waals surface area contributed by atoms with E-state index in [2.05, 4.69) is 21.6 Å². The second-order valence-electron chi connectivity index (χ2n) is 10.3. The molecule has 1 aliphatic carbocycles. The van der Waals surface area contributed by atoms with Crippen LogP contribution in [0.25, 0.3) is 0 Å². The predicted molar refractivity (Wildman–Crippen MR) is 146 cm³/mol. The highest BCUT2D eigenvalue weighted by Crippen LogP contribution is 2.37. The first kappa shape index (κ1) is 25.4. The van der Waals surface area contributed by atoms with Crippen LogP contribution in [-0.2, 0) is 16.1 Å². The van der Waals surface area contributed by atoms with E-state index in [9.17, 15) is 9.59 Å². The fraction of sp³-hybridized carbons (Fsp3) is 0.483. The molecule has 2 aliphatic heterocycles. The van der Waals surface area contributed by atoms with E-state index in [1.54, 1.807) is 18.2 Å². The Labute approximate surface area is 219 Å². The first-order valence-electron chi connectivity index (χ1n) is 13.5. The molecular formula is C29H37N5O3. The van der Waals surface area contributed by atoms with Crippen LogP contribution in [0.15, 0.2) is 53.5 Å². The minimum Gasteiger partial charge on any atom is -0.379 e. The number of para-hydroxylation sites is 1. The lowest BCUT2D eigenvalue weighted by Gasteiger charge is -2.38. The smallest absolute Gasteiger partial charge is 0.321 e. The molecule has 5 rings (SSSR count). The van der Waals surface area contributed by atoms with Crippen molar-refractivity contribution in [3.05, 3.63) is 59.7 Å². The maximum Gasteiger partial charge on any atom is 0.321 e. The van der Waals surface area contributed by atoms with Gasteiger partial charge in [0, 0.05) is 50.1 Å². The SMILES string of the molecule is CN1C(=O)C(NC(=O)Nc2cccc(CN3CCOCC3)c2)(C2CCCCCC2)N=Cc2ccccc21. The number of anilines is 2. The molecule has 2 aromatic rings. The lowest BCUT2D eigenvalue weighted by atomic mass is 9.85. The van der Waals surface area contributed by atoms with Crippen molar-refractivity contribution < 1.29 is 14.3 Å². The molecule has 1 unspecified atom stereocenters. The largest absolute Gasteiger partial charge is 0.379 e. The molecular weight excluding hydrogens is 466 g/mol. The summed E-state index contributed by atoms with van der Waals surface area (Å²) in [4.78, 5) is 36.4. The van der Waals surface area contributed by atoms with Crippen LogP contribution in [0.3, 0.4) is 0 Å². The molecule has 2 aromatic carbocycles. The number of likely N-dealkylation sites (N-methyl/N-ethyl adjacent to an activating group) is 1. The van der Waals surface area contributed by atoms with Crippen molar-refractivity contribution in [2.75, 3.05) is 43.6 Å². The van der Waals surface area contributed by atoms with Gasteiger partial charge in [-0.15, -0.1) is 0 Å². The van der Waals surface area contributed by atoms with Crippen molar-refractivity contribution in [2.24, 2.45) is 10.9 Å². The molecule has 37 heavy (non-hydrogen) atoms. The van der Waals surface area contributed by atoms with Gasteiger partial charge in [-0.1, -0.05) is 56.0 Å². The lowest BCUT2D eigenvalue weighted by molar-refractivity contribution is -0.126. The van der Waals surface area contributed by atoms with Gasteiger partial charge in [-0.2, -0.15) is 0 Å².